The van der Waals surface area contributed by atoms with Gasteiger partial charge in [0.15, 0.2) is 6.33 Å². The van der Waals surface area contributed by atoms with Crippen molar-refractivity contribution in [1.82, 2.24) is 15.5 Å². The molecule has 84 valence electrons. The number of hydrogen-bond donors (Lipinski definition) is 1. The predicted octanol–water partition coefficient (Wildman–Crippen LogP) is 0.771. The van der Waals surface area contributed by atoms with Gasteiger partial charge < -0.3 is 14.6 Å². The Hall–Kier alpha value is -0.940. The summed E-state index contributed by atoms with van der Waals surface area (Å²) in [6.07, 6.45) is 5.69. The molecule has 2 heterocycles. The first kappa shape index (κ1) is 10.6. The zero-order valence-electron chi connectivity index (χ0n) is 8.82. The maximum absolute atomic E-state index is 5.40. The van der Waals surface area contributed by atoms with Crippen LogP contribution in [-0.2, 0) is 11.2 Å². The molecule has 5 heteroatoms. The van der Waals surface area contributed by atoms with Crippen LogP contribution in [0.2, 0.25) is 0 Å². The largest absolute Gasteiger partial charge is 0.381 e. The Labute approximate surface area is 89.2 Å². The second kappa shape index (κ2) is 5.82. The molecule has 5 nitrogen and oxygen atoms in total. The summed E-state index contributed by atoms with van der Waals surface area (Å²) < 4.78 is 10.3. The van der Waals surface area contributed by atoms with Crippen LogP contribution in [0.25, 0.3) is 0 Å². The van der Waals surface area contributed by atoms with Gasteiger partial charge in [-0.25, -0.2) is 0 Å². The summed E-state index contributed by atoms with van der Waals surface area (Å²) in [6, 6.07) is 0.579. The third-order valence-corrected chi connectivity index (χ3v) is 2.63. The van der Waals surface area contributed by atoms with Crippen molar-refractivity contribution in [2.24, 2.45) is 0 Å². The Morgan fingerprint density at radius 3 is 3.27 bits per heavy atom. The van der Waals surface area contributed by atoms with Crippen LogP contribution >= 0.6 is 0 Å². The lowest BCUT2D eigenvalue weighted by Crippen LogP contribution is -2.31. The number of rotatable bonds is 4. The van der Waals surface area contributed by atoms with E-state index in [1.807, 2.05) is 0 Å². The van der Waals surface area contributed by atoms with E-state index in [-0.39, 0.29) is 0 Å². The van der Waals surface area contributed by atoms with Gasteiger partial charge in [-0.15, -0.1) is 0 Å². The molecule has 1 atom stereocenters. The number of nitrogens with one attached hydrogen (secondary N) is 1. The molecular weight excluding hydrogens is 194 g/mol. The van der Waals surface area contributed by atoms with Gasteiger partial charge in [-0.05, 0) is 19.3 Å². The van der Waals surface area contributed by atoms with Gasteiger partial charge in [0.2, 0.25) is 5.89 Å². The monoisotopic (exact) mass is 211 g/mol. The van der Waals surface area contributed by atoms with Crippen LogP contribution in [0.15, 0.2) is 10.9 Å². The number of nitrogens with zero attached hydrogens (tertiary/aromatic N) is 2. The van der Waals surface area contributed by atoms with Crippen LogP contribution in [0.1, 0.15) is 25.2 Å². The molecule has 1 fully saturated rings. The summed E-state index contributed by atoms with van der Waals surface area (Å²) in [5.74, 6) is 0.701. The summed E-state index contributed by atoms with van der Waals surface area (Å²) in [5.41, 5.74) is 0. The summed E-state index contributed by atoms with van der Waals surface area (Å²) in [4.78, 5) is 3.97. The fourth-order valence-electron chi connectivity index (χ4n) is 1.80. The summed E-state index contributed by atoms with van der Waals surface area (Å²) in [7, 11) is 0. The Bertz CT molecular complexity index is 256. The van der Waals surface area contributed by atoms with Crippen molar-refractivity contribution in [2.45, 2.75) is 31.7 Å². The van der Waals surface area contributed by atoms with Gasteiger partial charge in [0.25, 0.3) is 0 Å². The Balaban J connectivity index is 1.64. The molecule has 1 N–H and O–H groups in total. The van der Waals surface area contributed by atoms with Crippen LogP contribution in [0, 0.1) is 0 Å². The van der Waals surface area contributed by atoms with E-state index in [4.69, 9.17) is 9.26 Å². The molecule has 0 aliphatic carbocycles. The molecule has 1 unspecified atom stereocenters. The molecule has 1 saturated heterocycles. The Morgan fingerprint density at radius 1 is 1.40 bits per heavy atom. The van der Waals surface area contributed by atoms with E-state index in [2.05, 4.69) is 15.5 Å². The Morgan fingerprint density at radius 2 is 2.40 bits per heavy atom. The minimum Gasteiger partial charge on any atom is -0.381 e. The third kappa shape index (κ3) is 3.60. The first-order chi connectivity index (χ1) is 7.45. The fourth-order valence-corrected chi connectivity index (χ4v) is 1.80. The molecule has 0 spiro atoms. The number of ether oxygens (including phenoxy) is 1. The highest BCUT2D eigenvalue weighted by Crippen LogP contribution is 2.07. The lowest BCUT2D eigenvalue weighted by molar-refractivity contribution is 0.142. The van der Waals surface area contributed by atoms with Crippen molar-refractivity contribution < 1.29 is 9.26 Å². The lowest BCUT2D eigenvalue weighted by Gasteiger charge is -2.14. The van der Waals surface area contributed by atoms with E-state index in [1.54, 1.807) is 0 Å². The second-order valence-corrected chi connectivity index (χ2v) is 3.78. The molecule has 0 aromatic carbocycles. The fraction of sp³-hybridized carbons (Fsp3) is 0.800. The average molecular weight is 211 g/mol. The SMILES string of the molecule is c1noc(CCNC2CCCOCC2)n1. The summed E-state index contributed by atoms with van der Waals surface area (Å²) in [6.45, 7) is 2.67. The smallest absolute Gasteiger partial charge is 0.227 e. The molecule has 0 amide bonds. The molecule has 1 aromatic heterocycles. The van der Waals surface area contributed by atoms with Crippen LogP contribution in [-0.4, -0.2) is 35.9 Å². The van der Waals surface area contributed by atoms with E-state index in [0.29, 0.717) is 11.9 Å². The maximum atomic E-state index is 5.40. The van der Waals surface area contributed by atoms with E-state index < -0.39 is 0 Å². The number of aromatic nitrogens is 2. The molecule has 1 aliphatic heterocycles. The van der Waals surface area contributed by atoms with E-state index in [9.17, 15) is 0 Å². The minimum absolute atomic E-state index is 0.579. The van der Waals surface area contributed by atoms with Crippen LogP contribution in [0.3, 0.4) is 0 Å². The summed E-state index contributed by atoms with van der Waals surface area (Å²) >= 11 is 0. The predicted molar refractivity (Wildman–Crippen MR) is 54.5 cm³/mol. The molecule has 0 bridgehead atoms. The highest BCUT2D eigenvalue weighted by molar-refractivity contribution is 4.77. The van der Waals surface area contributed by atoms with Crippen LogP contribution in [0.5, 0.6) is 0 Å². The molecule has 0 saturated carbocycles. The molecule has 2 rings (SSSR count). The highest BCUT2D eigenvalue weighted by Gasteiger charge is 2.11. The average Bonchev–Trinajstić information content (AvgIpc) is 2.62. The van der Waals surface area contributed by atoms with Gasteiger partial charge in [-0.1, -0.05) is 5.16 Å². The van der Waals surface area contributed by atoms with Crippen LogP contribution in [0.4, 0.5) is 0 Å². The van der Waals surface area contributed by atoms with Gasteiger partial charge in [-0.3, -0.25) is 0 Å². The van der Waals surface area contributed by atoms with Gasteiger partial charge in [-0.2, -0.15) is 4.98 Å². The second-order valence-electron chi connectivity index (χ2n) is 3.78. The van der Waals surface area contributed by atoms with Crippen molar-refractivity contribution in [3.63, 3.8) is 0 Å². The van der Waals surface area contributed by atoms with Crippen molar-refractivity contribution in [2.75, 3.05) is 19.8 Å². The standard InChI is InChI=1S/C10H17N3O2/c1-2-9(4-7-14-6-1)11-5-3-10-12-8-13-15-10/h8-9,11H,1-7H2. The lowest BCUT2D eigenvalue weighted by atomic mass is 10.1. The van der Waals surface area contributed by atoms with Crippen molar-refractivity contribution in [1.29, 1.82) is 0 Å². The first-order valence-electron chi connectivity index (χ1n) is 5.52. The van der Waals surface area contributed by atoms with Crippen LogP contribution < -0.4 is 5.32 Å². The Kier molecular flexibility index (Phi) is 4.11. The third-order valence-electron chi connectivity index (χ3n) is 2.63. The molecule has 0 radical (unpaired) electrons. The van der Waals surface area contributed by atoms with Crippen molar-refractivity contribution in [3.05, 3.63) is 12.2 Å². The maximum Gasteiger partial charge on any atom is 0.227 e. The van der Waals surface area contributed by atoms with E-state index in [1.165, 1.54) is 12.7 Å². The zero-order chi connectivity index (χ0) is 10.3. The molecule has 1 aliphatic rings. The zero-order valence-corrected chi connectivity index (χ0v) is 8.82. The van der Waals surface area contributed by atoms with Gasteiger partial charge in [0.1, 0.15) is 0 Å². The topological polar surface area (TPSA) is 60.2 Å². The molecular formula is C10H17N3O2. The van der Waals surface area contributed by atoms with Crippen molar-refractivity contribution >= 4 is 0 Å². The van der Waals surface area contributed by atoms with E-state index >= 15 is 0 Å². The molecule has 15 heavy (non-hydrogen) atoms. The normalized spacial score (nSPS) is 22.5. The van der Waals surface area contributed by atoms with Gasteiger partial charge in [0, 0.05) is 32.2 Å². The highest BCUT2D eigenvalue weighted by atomic mass is 16.5. The van der Waals surface area contributed by atoms with E-state index in [0.717, 1.165) is 39.0 Å². The number of hydrogen-bond acceptors (Lipinski definition) is 5. The molecule has 1 aromatic rings. The minimum atomic E-state index is 0.579. The summed E-state index contributed by atoms with van der Waals surface area (Å²) in [5, 5.41) is 7.06. The van der Waals surface area contributed by atoms with Crippen molar-refractivity contribution in [3.8, 4) is 0 Å². The van der Waals surface area contributed by atoms with Gasteiger partial charge >= 0.3 is 0 Å². The van der Waals surface area contributed by atoms with Gasteiger partial charge in [0.05, 0.1) is 0 Å². The quantitative estimate of drug-likeness (QED) is 0.797. The first-order valence-corrected chi connectivity index (χ1v) is 5.52.